The first-order valence-corrected chi connectivity index (χ1v) is 10.8. The van der Waals surface area contributed by atoms with E-state index in [4.69, 9.17) is 9.47 Å². The summed E-state index contributed by atoms with van der Waals surface area (Å²) in [5.74, 6) is -0.906. The molecule has 2 aromatic heterocycles. The van der Waals surface area contributed by atoms with E-state index >= 15 is 0 Å². The molecule has 4 aromatic rings. The van der Waals surface area contributed by atoms with Crippen molar-refractivity contribution in [2.24, 2.45) is 0 Å². The molecule has 0 radical (unpaired) electrons. The molecule has 0 amide bonds. The Morgan fingerprint density at radius 3 is 2.74 bits per heavy atom. The van der Waals surface area contributed by atoms with Gasteiger partial charge in [-0.3, -0.25) is 0 Å². The number of carboxylic acids is 1. The van der Waals surface area contributed by atoms with Gasteiger partial charge in [-0.15, -0.1) is 0 Å². The van der Waals surface area contributed by atoms with Crippen LogP contribution in [-0.2, 0) is 6.54 Å². The van der Waals surface area contributed by atoms with Crippen LogP contribution in [0.3, 0.4) is 0 Å². The van der Waals surface area contributed by atoms with Crippen molar-refractivity contribution in [3.63, 3.8) is 0 Å². The lowest BCUT2D eigenvalue weighted by atomic mass is 10.1. The van der Waals surface area contributed by atoms with E-state index in [-0.39, 0.29) is 12.4 Å². The maximum Gasteiger partial charge on any atom is 0.342 e. The van der Waals surface area contributed by atoms with E-state index in [0.29, 0.717) is 30.2 Å². The molecule has 0 saturated heterocycles. The summed E-state index contributed by atoms with van der Waals surface area (Å²) >= 11 is 0. The van der Waals surface area contributed by atoms with Gasteiger partial charge in [0.2, 0.25) is 0 Å². The number of anilines is 1. The molecular weight excluding hydrogens is 439 g/mol. The maximum atomic E-state index is 14.5. The number of benzene rings is 2. The normalized spacial score (nSPS) is 10.9. The Morgan fingerprint density at radius 1 is 1.18 bits per heavy atom. The van der Waals surface area contributed by atoms with E-state index in [1.54, 1.807) is 20.1 Å². The number of carboxylic acid groups (broad SMARTS) is 1. The molecule has 2 N–H and O–H groups in total. The molecule has 4 rings (SSSR count). The van der Waals surface area contributed by atoms with Gasteiger partial charge < -0.3 is 24.5 Å². The minimum atomic E-state index is -1.39. The maximum absolute atomic E-state index is 14.5. The first kappa shape index (κ1) is 23.0. The quantitative estimate of drug-likeness (QED) is 0.368. The van der Waals surface area contributed by atoms with Crippen LogP contribution < -0.4 is 14.8 Å². The van der Waals surface area contributed by atoms with Crippen LogP contribution in [0.1, 0.15) is 23.0 Å². The molecule has 8 nitrogen and oxygen atoms in total. The molecule has 0 aliphatic rings. The van der Waals surface area contributed by atoms with Crippen LogP contribution in [0.25, 0.3) is 22.2 Å². The molecule has 0 atom stereocenters. The van der Waals surface area contributed by atoms with E-state index in [2.05, 4.69) is 32.0 Å². The summed E-state index contributed by atoms with van der Waals surface area (Å²) in [4.78, 5) is 19.9. The zero-order valence-corrected chi connectivity index (χ0v) is 19.1. The zero-order valence-electron chi connectivity index (χ0n) is 19.1. The average molecular weight is 464 g/mol. The number of nitrogens with one attached hydrogen (secondary N) is 1. The number of methoxy groups -OCH3 is 1. The number of nitrogens with zero attached hydrogens (tertiary/aromatic N) is 3. The zero-order chi connectivity index (χ0) is 24.2. The van der Waals surface area contributed by atoms with Gasteiger partial charge in [0, 0.05) is 35.8 Å². The molecule has 2 heterocycles. The van der Waals surface area contributed by atoms with E-state index < -0.39 is 17.3 Å². The summed E-state index contributed by atoms with van der Waals surface area (Å²) in [7, 11) is 1.66. The van der Waals surface area contributed by atoms with Gasteiger partial charge in [-0.2, -0.15) is 0 Å². The molecular formula is C25H25FN4O4. The second-order valence-electron chi connectivity index (χ2n) is 7.62. The van der Waals surface area contributed by atoms with Crippen LogP contribution in [0.2, 0.25) is 0 Å². The van der Waals surface area contributed by atoms with Gasteiger partial charge in [0.25, 0.3) is 0 Å². The van der Waals surface area contributed by atoms with Gasteiger partial charge >= 0.3 is 5.97 Å². The highest BCUT2D eigenvalue weighted by Gasteiger charge is 2.20. The van der Waals surface area contributed by atoms with Crippen LogP contribution in [0.4, 0.5) is 10.2 Å². The van der Waals surface area contributed by atoms with Crippen molar-refractivity contribution in [1.29, 1.82) is 0 Å². The van der Waals surface area contributed by atoms with E-state index in [1.165, 1.54) is 12.4 Å². The van der Waals surface area contributed by atoms with Crippen molar-refractivity contribution in [2.75, 3.05) is 25.6 Å². The number of halogens is 1. The Kier molecular flexibility index (Phi) is 6.62. The van der Waals surface area contributed by atoms with Gasteiger partial charge in [0.05, 0.1) is 24.9 Å². The largest absolute Gasteiger partial charge is 0.496 e. The van der Waals surface area contributed by atoms with Crippen LogP contribution in [0.5, 0.6) is 11.5 Å². The van der Waals surface area contributed by atoms with E-state index in [0.717, 1.165) is 28.4 Å². The van der Waals surface area contributed by atoms with Gasteiger partial charge in [-0.25, -0.2) is 19.2 Å². The molecule has 0 fully saturated rings. The van der Waals surface area contributed by atoms with Crippen molar-refractivity contribution in [3.8, 4) is 22.8 Å². The summed E-state index contributed by atoms with van der Waals surface area (Å²) in [5.41, 5.74) is 2.54. The van der Waals surface area contributed by atoms with Crippen molar-refractivity contribution in [1.82, 2.24) is 14.5 Å². The lowest BCUT2D eigenvalue weighted by molar-refractivity contribution is 0.0687. The molecule has 176 valence electrons. The molecule has 0 bridgehead atoms. The smallest absolute Gasteiger partial charge is 0.342 e. The number of rotatable bonds is 9. The highest BCUT2D eigenvalue weighted by Crippen LogP contribution is 2.30. The molecule has 2 aromatic carbocycles. The number of hydrogen-bond acceptors (Lipinski definition) is 6. The third-order valence-electron chi connectivity index (χ3n) is 5.50. The average Bonchev–Trinajstić information content (AvgIpc) is 3.14. The van der Waals surface area contributed by atoms with Gasteiger partial charge in [0.15, 0.2) is 0 Å². The number of aromatic carboxylic acids is 1. The lowest BCUT2D eigenvalue weighted by Crippen LogP contribution is -2.12. The molecule has 0 unspecified atom stereocenters. The molecule has 0 aliphatic carbocycles. The third-order valence-corrected chi connectivity index (χ3v) is 5.50. The minimum absolute atomic E-state index is 0.0384. The van der Waals surface area contributed by atoms with Crippen LogP contribution in [0.15, 0.2) is 48.8 Å². The molecule has 0 saturated carbocycles. The fourth-order valence-electron chi connectivity index (χ4n) is 3.98. The van der Waals surface area contributed by atoms with E-state index in [9.17, 15) is 14.3 Å². The number of fused-ring (bicyclic) bond motifs is 1. The predicted octanol–water partition coefficient (Wildman–Crippen LogP) is 4.76. The lowest BCUT2D eigenvalue weighted by Gasteiger charge is -2.12. The summed E-state index contributed by atoms with van der Waals surface area (Å²) in [6, 6.07) is 12.4. The second kappa shape index (κ2) is 9.78. The van der Waals surface area contributed by atoms with Crippen LogP contribution in [-0.4, -0.2) is 45.9 Å². The summed E-state index contributed by atoms with van der Waals surface area (Å²) < 4.78 is 27.5. The summed E-state index contributed by atoms with van der Waals surface area (Å²) in [5, 5.41) is 13.6. The first-order valence-electron chi connectivity index (χ1n) is 10.8. The number of aryl methyl sites for hydroxylation is 1. The standard InChI is InChI=1S/C25H25FN4O4/c1-4-34-22-12-16(11-18(26)24(22)25(31)32)19-13-23(29-14-28-19)27-8-9-30-15(2)10-17-20(30)6-5-7-21(17)33-3/h5-7,10-14H,4,8-9H2,1-3H3,(H,31,32)(H,27,28,29). The topological polar surface area (TPSA) is 98.5 Å². The molecule has 0 spiro atoms. The van der Waals surface area contributed by atoms with Crippen LogP contribution >= 0.6 is 0 Å². The molecule has 34 heavy (non-hydrogen) atoms. The highest BCUT2D eigenvalue weighted by molar-refractivity contribution is 5.92. The van der Waals surface area contributed by atoms with Crippen molar-refractivity contribution in [3.05, 3.63) is 65.9 Å². The van der Waals surface area contributed by atoms with Gasteiger partial charge in [-0.05, 0) is 44.2 Å². The molecule has 0 aliphatic heterocycles. The fourth-order valence-corrected chi connectivity index (χ4v) is 3.98. The Hall–Kier alpha value is -4.14. The number of ether oxygens (including phenoxy) is 2. The predicted molar refractivity (Wildman–Crippen MR) is 127 cm³/mol. The van der Waals surface area contributed by atoms with E-state index in [1.807, 2.05) is 19.1 Å². The number of hydrogen-bond donors (Lipinski definition) is 2. The first-order chi connectivity index (χ1) is 16.4. The summed E-state index contributed by atoms with van der Waals surface area (Å²) in [6.45, 7) is 5.24. The van der Waals surface area contributed by atoms with Gasteiger partial charge in [-0.1, -0.05) is 6.07 Å². The number of aromatic nitrogens is 3. The second-order valence-corrected chi connectivity index (χ2v) is 7.62. The Morgan fingerprint density at radius 2 is 2.00 bits per heavy atom. The fraction of sp³-hybridized carbons (Fsp3) is 0.240. The third kappa shape index (κ3) is 4.50. The summed E-state index contributed by atoms with van der Waals surface area (Å²) in [6.07, 6.45) is 1.38. The Balaban J connectivity index is 1.54. The van der Waals surface area contributed by atoms with Crippen molar-refractivity contribution in [2.45, 2.75) is 20.4 Å². The highest BCUT2D eigenvalue weighted by atomic mass is 19.1. The number of carbonyl (C=O) groups is 1. The minimum Gasteiger partial charge on any atom is -0.496 e. The van der Waals surface area contributed by atoms with Crippen molar-refractivity contribution >= 4 is 22.7 Å². The Labute approximate surface area is 196 Å². The SMILES string of the molecule is CCOc1cc(-c2cc(NCCn3c(C)cc4c(OC)cccc43)ncn2)cc(F)c1C(=O)O. The Bertz CT molecular complexity index is 1350. The van der Waals surface area contributed by atoms with Crippen LogP contribution in [0, 0.1) is 12.7 Å². The molecule has 9 heteroatoms. The van der Waals surface area contributed by atoms with Crippen molar-refractivity contribution < 1.29 is 23.8 Å². The monoisotopic (exact) mass is 464 g/mol. The van der Waals surface area contributed by atoms with Gasteiger partial charge in [0.1, 0.15) is 35.0 Å².